The Morgan fingerprint density at radius 1 is 1.20 bits per heavy atom. The molecule has 0 aliphatic heterocycles. The van der Waals surface area contributed by atoms with Gasteiger partial charge in [-0.3, -0.25) is 0 Å². The third-order valence-electron chi connectivity index (χ3n) is 3.05. The summed E-state index contributed by atoms with van der Waals surface area (Å²) in [6.07, 6.45) is 0. The van der Waals surface area contributed by atoms with Crippen LogP contribution in [0.3, 0.4) is 0 Å². The van der Waals surface area contributed by atoms with Gasteiger partial charge in [0.25, 0.3) is 0 Å². The van der Waals surface area contributed by atoms with Crippen LogP contribution in [0, 0.1) is 0 Å². The summed E-state index contributed by atoms with van der Waals surface area (Å²) in [5.74, 6) is -0.140. The lowest BCUT2D eigenvalue weighted by molar-refractivity contribution is 0.0601. The molecule has 0 saturated carbocycles. The van der Waals surface area contributed by atoms with Gasteiger partial charge >= 0.3 is 5.97 Å². The molecule has 0 aliphatic carbocycles. The molecule has 0 amide bonds. The maximum atomic E-state index is 11.5. The average molecular weight is 288 g/mol. The van der Waals surface area contributed by atoms with Crippen LogP contribution >= 0.6 is 11.6 Å². The number of carbonyl (C=O) groups excluding carboxylic acids is 1. The van der Waals surface area contributed by atoms with Gasteiger partial charge in [-0.2, -0.15) is 0 Å². The van der Waals surface area contributed by atoms with Gasteiger partial charge in [0.1, 0.15) is 10.7 Å². The van der Waals surface area contributed by atoms with Gasteiger partial charge in [-0.1, -0.05) is 17.7 Å². The minimum atomic E-state index is -0.415. The number of fused-ring (bicyclic) bond motifs is 3. The van der Waals surface area contributed by atoms with Crippen LogP contribution in [-0.4, -0.2) is 23.0 Å². The van der Waals surface area contributed by atoms with E-state index >= 15 is 0 Å². The van der Waals surface area contributed by atoms with E-state index in [9.17, 15) is 4.79 Å². The summed E-state index contributed by atoms with van der Waals surface area (Å²) in [6.45, 7) is 0. The minimum Gasteiger partial charge on any atom is -0.465 e. The lowest BCUT2D eigenvalue weighted by Crippen LogP contribution is -2.02. The fraction of sp³-hybridized carbons (Fsp3) is 0.0714. The first-order valence-electron chi connectivity index (χ1n) is 5.84. The van der Waals surface area contributed by atoms with E-state index in [0.29, 0.717) is 21.7 Å². The van der Waals surface area contributed by atoms with E-state index in [1.807, 2.05) is 6.07 Å². The lowest BCUT2D eigenvalue weighted by atomic mass is 10.1. The number of anilines is 1. The Morgan fingerprint density at radius 3 is 2.70 bits per heavy atom. The second-order valence-corrected chi connectivity index (χ2v) is 4.64. The van der Waals surface area contributed by atoms with E-state index in [2.05, 4.69) is 9.97 Å². The van der Waals surface area contributed by atoms with Crippen molar-refractivity contribution in [3.8, 4) is 0 Å². The Bertz CT molecular complexity index is 849. The molecule has 0 aliphatic rings. The van der Waals surface area contributed by atoms with Crippen molar-refractivity contribution in [2.45, 2.75) is 0 Å². The largest absolute Gasteiger partial charge is 0.465 e. The van der Waals surface area contributed by atoms with Crippen molar-refractivity contribution in [2.24, 2.45) is 0 Å². The summed E-state index contributed by atoms with van der Waals surface area (Å²) in [6, 6.07) is 8.65. The Labute approximate surface area is 119 Å². The van der Waals surface area contributed by atoms with Crippen LogP contribution in [0.2, 0.25) is 5.15 Å². The maximum Gasteiger partial charge on any atom is 0.337 e. The lowest BCUT2D eigenvalue weighted by Gasteiger charge is -2.07. The molecule has 0 saturated heterocycles. The monoisotopic (exact) mass is 287 g/mol. The van der Waals surface area contributed by atoms with Crippen LogP contribution < -0.4 is 5.73 Å². The van der Waals surface area contributed by atoms with Crippen LogP contribution in [0.1, 0.15) is 10.4 Å². The number of ether oxygens (including phenoxy) is 1. The Morgan fingerprint density at radius 2 is 1.95 bits per heavy atom. The Hall–Kier alpha value is -2.40. The van der Waals surface area contributed by atoms with E-state index in [-0.39, 0.29) is 5.82 Å². The van der Waals surface area contributed by atoms with Crippen molar-refractivity contribution in [3.05, 3.63) is 41.0 Å². The van der Waals surface area contributed by atoms with Gasteiger partial charge in [-0.05, 0) is 24.3 Å². The predicted molar refractivity (Wildman–Crippen MR) is 77.8 cm³/mol. The second-order valence-electron chi connectivity index (χ2n) is 4.25. The number of nitrogen functional groups attached to an aromatic ring is 1. The summed E-state index contributed by atoms with van der Waals surface area (Å²) in [4.78, 5) is 20.0. The summed E-state index contributed by atoms with van der Waals surface area (Å²) < 4.78 is 4.69. The number of methoxy groups -OCH3 is 1. The fourth-order valence-corrected chi connectivity index (χ4v) is 2.27. The molecule has 2 N–H and O–H groups in total. The zero-order valence-electron chi connectivity index (χ0n) is 10.6. The first-order valence-corrected chi connectivity index (χ1v) is 6.22. The number of hydrogen-bond donors (Lipinski definition) is 1. The number of halogens is 1. The van der Waals surface area contributed by atoms with Gasteiger partial charge in [0.2, 0.25) is 0 Å². The zero-order chi connectivity index (χ0) is 14.3. The van der Waals surface area contributed by atoms with E-state index in [4.69, 9.17) is 22.1 Å². The SMILES string of the molecule is COC(=O)c1ccc2c(c1)nc(N)c1nc(Cl)ccc12. The molecule has 2 heterocycles. The van der Waals surface area contributed by atoms with Crippen LogP contribution in [0.4, 0.5) is 5.82 Å². The summed E-state index contributed by atoms with van der Waals surface area (Å²) in [7, 11) is 1.33. The highest BCUT2D eigenvalue weighted by Gasteiger charge is 2.11. The van der Waals surface area contributed by atoms with Crippen molar-refractivity contribution in [1.82, 2.24) is 9.97 Å². The molecule has 0 unspecified atom stereocenters. The number of hydrogen-bond acceptors (Lipinski definition) is 5. The molecular formula is C14H10ClN3O2. The van der Waals surface area contributed by atoms with Crippen molar-refractivity contribution < 1.29 is 9.53 Å². The molecule has 20 heavy (non-hydrogen) atoms. The third kappa shape index (κ3) is 1.92. The molecule has 0 spiro atoms. The molecule has 6 heteroatoms. The van der Waals surface area contributed by atoms with Crippen molar-refractivity contribution in [2.75, 3.05) is 12.8 Å². The molecule has 1 aromatic carbocycles. The number of nitrogens with zero attached hydrogens (tertiary/aromatic N) is 2. The van der Waals surface area contributed by atoms with Gasteiger partial charge in [0, 0.05) is 10.8 Å². The number of nitrogens with two attached hydrogens (primary N) is 1. The number of esters is 1. The first-order chi connectivity index (χ1) is 9.60. The number of benzene rings is 1. The van der Waals surface area contributed by atoms with Gasteiger partial charge in [-0.25, -0.2) is 14.8 Å². The van der Waals surface area contributed by atoms with Gasteiger partial charge in [-0.15, -0.1) is 0 Å². The Kier molecular flexibility index (Phi) is 2.91. The molecular weight excluding hydrogens is 278 g/mol. The topological polar surface area (TPSA) is 78.1 Å². The van der Waals surface area contributed by atoms with E-state index < -0.39 is 5.97 Å². The summed E-state index contributed by atoms with van der Waals surface area (Å²) >= 11 is 5.87. The third-order valence-corrected chi connectivity index (χ3v) is 3.26. The molecule has 0 atom stereocenters. The second kappa shape index (κ2) is 4.61. The normalized spacial score (nSPS) is 10.9. The maximum absolute atomic E-state index is 11.5. The molecule has 2 aromatic heterocycles. The van der Waals surface area contributed by atoms with Crippen molar-refractivity contribution >= 4 is 45.2 Å². The summed E-state index contributed by atoms with van der Waals surface area (Å²) in [5, 5.41) is 2.05. The molecule has 0 bridgehead atoms. The highest BCUT2D eigenvalue weighted by Crippen LogP contribution is 2.28. The molecule has 5 nitrogen and oxygen atoms in total. The van der Waals surface area contributed by atoms with E-state index in [1.54, 1.807) is 24.3 Å². The summed E-state index contributed by atoms with van der Waals surface area (Å²) in [5.41, 5.74) is 7.49. The van der Waals surface area contributed by atoms with Crippen LogP contribution in [0.25, 0.3) is 21.8 Å². The number of carbonyl (C=O) groups is 1. The predicted octanol–water partition coefficient (Wildman–Crippen LogP) is 2.81. The van der Waals surface area contributed by atoms with Crippen LogP contribution in [0.15, 0.2) is 30.3 Å². The van der Waals surface area contributed by atoms with Crippen molar-refractivity contribution in [3.63, 3.8) is 0 Å². The van der Waals surface area contributed by atoms with Gasteiger partial charge in [0.05, 0.1) is 18.2 Å². The van der Waals surface area contributed by atoms with E-state index in [0.717, 1.165) is 10.8 Å². The fourth-order valence-electron chi connectivity index (χ4n) is 2.13. The number of rotatable bonds is 1. The van der Waals surface area contributed by atoms with Gasteiger partial charge < -0.3 is 10.5 Å². The van der Waals surface area contributed by atoms with Crippen LogP contribution in [0.5, 0.6) is 0 Å². The Balaban J connectivity index is 2.36. The standard InChI is InChI=1S/C14H10ClN3O2/c1-20-14(19)7-2-3-8-9-4-5-11(15)18-12(9)13(16)17-10(8)6-7/h2-6H,1H3,(H2,16,17). The average Bonchev–Trinajstić information content (AvgIpc) is 2.46. The number of aromatic nitrogens is 2. The molecule has 3 aromatic rings. The zero-order valence-corrected chi connectivity index (χ0v) is 11.3. The number of pyridine rings is 2. The smallest absolute Gasteiger partial charge is 0.337 e. The van der Waals surface area contributed by atoms with Crippen molar-refractivity contribution in [1.29, 1.82) is 0 Å². The van der Waals surface area contributed by atoms with E-state index in [1.165, 1.54) is 7.11 Å². The van der Waals surface area contributed by atoms with Gasteiger partial charge in [0.15, 0.2) is 5.82 Å². The quantitative estimate of drug-likeness (QED) is 0.423. The molecule has 0 fully saturated rings. The molecule has 3 rings (SSSR count). The van der Waals surface area contributed by atoms with Crippen LogP contribution in [-0.2, 0) is 4.74 Å². The highest BCUT2D eigenvalue weighted by atomic mass is 35.5. The first kappa shape index (κ1) is 12.6. The minimum absolute atomic E-state index is 0.275. The highest BCUT2D eigenvalue weighted by molar-refractivity contribution is 6.30. The molecule has 100 valence electrons. The molecule has 0 radical (unpaired) electrons.